The normalized spacial score (nSPS) is 18.9. The molecule has 1 aliphatic rings. The van der Waals surface area contributed by atoms with Crippen LogP contribution in [0.3, 0.4) is 0 Å². The van der Waals surface area contributed by atoms with Gasteiger partial charge in [-0.2, -0.15) is 0 Å². The molecule has 1 atom stereocenters. The molecule has 2 N–H and O–H groups in total. The van der Waals surface area contributed by atoms with E-state index in [9.17, 15) is 9.90 Å². The molecule has 90 valence electrons. The lowest BCUT2D eigenvalue weighted by molar-refractivity contribution is -0.121. The number of rotatable bonds is 3. The second-order valence-electron chi connectivity index (χ2n) is 4.40. The highest BCUT2D eigenvalue weighted by Gasteiger charge is 2.13. The molecule has 0 saturated heterocycles. The molecule has 1 aliphatic carbocycles. The Morgan fingerprint density at radius 2 is 2.29 bits per heavy atom. The van der Waals surface area contributed by atoms with Crippen LogP contribution in [0.5, 0.6) is 5.75 Å². The molecular weight excluding hydrogens is 214 g/mol. The maximum atomic E-state index is 11.8. The first-order chi connectivity index (χ1) is 8.24. The summed E-state index contributed by atoms with van der Waals surface area (Å²) in [5.41, 5.74) is 0.842. The first kappa shape index (κ1) is 11.7. The zero-order valence-electron chi connectivity index (χ0n) is 9.73. The molecule has 0 saturated carbocycles. The molecule has 3 heteroatoms. The number of phenolic OH excluding ortho intramolecular Hbond substituents is 1. The second-order valence-corrected chi connectivity index (χ2v) is 4.40. The van der Waals surface area contributed by atoms with Crippen LogP contribution in [0.2, 0.25) is 0 Å². The van der Waals surface area contributed by atoms with Gasteiger partial charge in [0.1, 0.15) is 5.75 Å². The van der Waals surface area contributed by atoms with Gasteiger partial charge in [-0.1, -0.05) is 24.3 Å². The summed E-state index contributed by atoms with van der Waals surface area (Å²) in [4.78, 5) is 11.8. The molecule has 0 radical (unpaired) electrons. The Kier molecular flexibility index (Phi) is 3.81. The Morgan fingerprint density at radius 3 is 3.00 bits per heavy atom. The molecule has 0 spiro atoms. The third kappa shape index (κ3) is 3.63. The van der Waals surface area contributed by atoms with Gasteiger partial charge < -0.3 is 10.4 Å². The van der Waals surface area contributed by atoms with E-state index >= 15 is 0 Å². The van der Waals surface area contributed by atoms with E-state index in [1.54, 1.807) is 18.2 Å². The zero-order valence-corrected chi connectivity index (χ0v) is 9.73. The van der Waals surface area contributed by atoms with E-state index in [-0.39, 0.29) is 17.7 Å². The number of carbonyl (C=O) groups is 1. The van der Waals surface area contributed by atoms with Crippen LogP contribution in [0.1, 0.15) is 24.8 Å². The van der Waals surface area contributed by atoms with E-state index in [1.165, 1.54) is 0 Å². The average molecular weight is 231 g/mol. The molecule has 0 aromatic heterocycles. The fourth-order valence-corrected chi connectivity index (χ4v) is 2.06. The standard InChI is InChI=1S/C14H17NO2/c16-13-8-4-5-11(9-13)10-14(17)15-12-6-2-1-3-7-12/h1-2,4-5,8-9,12,16H,3,6-7,10H2,(H,15,17). The molecule has 2 rings (SSSR count). The molecule has 1 aromatic carbocycles. The molecule has 1 unspecified atom stereocenters. The number of nitrogens with one attached hydrogen (secondary N) is 1. The van der Waals surface area contributed by atoms with E-state index in [1.807, 2.05) is 6.07 Å². The Bertz CT molecular complexity index is 426. The Labute approximate surface area is 101 Å². The highest BCUT2D eigenvalue weighted by atomic mass is 16.3. The van der Waals surface area contributed by atoms with Crippen molar-refractivity contribution in [2.24, 2.45) is 0 Å². The Balaban J connectivity index is 1.86. The fourth-order valence-electron chi connectivity index (χ4n) is 2.06. The van der Waals surface area contributed by atoms with Gasteiger partial charge in [0.2, 0.25) is 5.91 Å². The second kappa shape index (κ2) is 5.53. The van der Waals surface area contributed by atoms with Crippen LogP contribution in [0.15, 0.2) is 36.4 Å². The summed E-state index contributed by atoms with van der Waals surface area (Å²) >= 11 is 0. The summed E-state index contributed by atoms with van der Waals surface area (Å²) < 4.78 is 0. The highest BCUT2D eigenvalue weighted by Crippen LogP contribution is 2.13. The molecular formula is C14H17NO2. The van der Waals surface area contributed by atoms with E-state index in [0.717, 1.165) is 24.8 Å². The summed E-state index contributed by atoms with van der Waals surface area (Å²) in [6.45, 7) is 0. The maximum Gasteiger partial charge on any atom is 0.224 e. The van der Waals surface area contributed by atoms with Crippen molar-refractivity contribution in [1.82, 2.24) is 5.32 Å². The maximum absolute atomic E-state index is 11.8. The van der Waals surface area contributed by atoms with E-state index in [2.05, 4.69) is 17.5 Å². The SMILES string of the molecule is O=C(Cc1cccc(O)c1)NC1CC=CCC1. The molecule has 0 heterocycles. The first-order valence-corrected chi connectivity index (χ1v) is 5.96. The number of hydrogen-bond acceptors (Lipinski definition) is 2. The van der Waals surface area contributed by atoms with Gasteiger partial charge in [0.05, 0.1) is 6.42 Å². The van der Waals surface area contributed by atoms with Crippen LogP contribution in [-0.4, -0.2) is 17.1 Å². The molecule has 0 aliphatic heterocycles. The van der Waals surface area contributed by atoms with Gasteiger partial charge in [-0.25, -0.2) is 0 Å². The number of amides is 1. The Hall–Kier alpha value is -1.77. The quantitative estimate of drug-likeness (QED) is 0.783. The summed E-state index contributed by atoms with van der Waals surface area (Å²) in [5.74, 6) is 0.229. The third-order valence-electron chi connectivity index (χ3n) is 2.91. The summed E-state index contributed by atoms with van der Waals surface area (Å²) in [6, 6.07) is 7.10. The van der Waals surface area contributed by atoms with Gasteiger partial charge in [0.25, 0.3) is 0 Å². The van der Waals surface area contributed by atoms with Crippen LogP contribution < -0.4 is 5.32 Å². The number of hydrogen-bond donors (Lipinski definition) is 2. The minimum atomic E-state index is 0.0240. The van der Waals surface area contributed by atoms with Crippen molar-refractivity contribution in [3.05, 3.63) is 42.0 Å². The van der Waals surface area contributed by atoms with Crippen molar-refractivity contribution >= 4 is 5.91 Å². The van der Waals surface area contributed by atoms with Crippen molar-refractivity contribution in [2.45, 2.75) is 31.7 Å². The predicted molar refractivity (Wildman–Crippen MR) is 66.7 cm³/mol. The summed E-state index contributed by atoms with van der Waals surface area (Å²) in [5, 5.41) is 12.3. The zero-order chi connectivity index (χ0) is 12.1. The van der Waals surface area contributed by atoms with Crippen LogP contribution in [0.4, 0.5) is 0 Å². The van der Waals surface area contributed by atoms with Crippen molar-refractivity contribution in [3.8, 4) is 5.75 Å². The molecule has 1 amide bonds. The smallest absolute Gasteiger partial charge is 0.224 e. The predicted octanol–water partition coefficient (Wildman–Crippen LogP) is 2.16. The van der Waals surface area contributed by atoms with Crippen LogP contribution in [0, 0.1) is 0 Å². The van der Waals surface area contributed by atoms with Crippen LogP contribution in [0.25, 0.3) is 0 Å². The minimum Gasteiger partial charge on any atom is -0.508 e. The third-order valence-corrected chi connectivity index (χ3v) is 2.91. The first-order valence-electron chi connectivity index (χ1n) is 5.96. The van der Waals surface area contributed by atoms with Gasteiger partial charge in [-0.3, -0.25) is 4.79 Å². The largest absolute Gasteiger partial charge is 0.508 e. The van der Waals surface area contributed by atoms with E-state index in [0.29, 0.717) is 6.42 Å². The van der Waals surface area contributed by atoms with E-state index < -0.39 is 0 Å². The lowest BCUT2D eigenvalue weighted by Gasteiger charge is -2.19. The lowest BCUT2D eigenvalue weighted by Crippen LogP contribution is -2.36. The van der Waals surface area contributed by atoms with Crippen molar-refractivity contribution in [2.75, 3.05) is 0 Å². The van der Waals surface area contributed by atoms with Crippen molar-refractivity contribution in [1.29, 1.82) is 0 Å². The average Bonchev–Trinajstić information content (AvgIpc) is 2.30. The molecule has 0 bridgehead atoms. The molecule has 17 heavy (non-hydrogen) atoms. The monoisotopic (exact) mass is 231 g/mol. The van der Waals surface area contributed by atoms with Crippen LogP contribution in [-0.2, 0) is 11.2 Å². The van der Waals surface area contributed by atoms with E-state index in [4.69, 9.17) is 0 Å². The Morgan fingerprint density at radius 1 is 1.41 bits per heavy atom. The number of carbonyl (C=O) groups excluding carboxylic acids is 1. The number of benzene rings is 1. The lowest BCUT2D eigenvalue weighted by atomic mass is 10.0. The number of aromatic hydroxyl groups is 1. The molecule has 0 fully saturated rings. The van der Waals surface area contributed by atoms with Gasteiger partial charge >= 0.3 is 0 Å². The highest BCUT2D eigenvalue weighted by molar-refractivity contribution is 5.79. The minimum absolute atomic E-state index is 0.0240. The fraction of sp³-hybridized carbons (Fsp3) is 0.357. The van der Waals surface area contributed by atoms with Gasteiger partial charge in [-0.05, 0) is 37.0 Å². The molecule has 1 aromatic rings. The van der Waals surface area contributed by atoms with Gasteiger partial charge in [0, 0.05) is 6.04 Å². The number of phenols is 1. The van der Waals surface area contributed by atoms with Gasteiger partial charge in [0.15, 0.2) is 0 Å². The van der Waals surface area contributed by atoms with Crippen LogP contribution >= 0.6 is 0 Å². The van der Waals surface area contributed by atoms with Crippen molar-refractivity contribution < 1.29 is 9.90 Å². The topological polar surface area (TPSA) is 49.3 Å². The molecule has 3 nitrogen and oxygen atoms in total. The summed E-state index contributed by atoms with van der Waals surface area (Å²) in [7, 11) is 0. The number of allylic oxidation sites excluding steroid dienone is 1. The van der Waals surface area contributed by atoms with Gasteiger partial charge in [-0.15, -0.1) is 0 Å². The summed E-state index contributed by atoms with van der Waals surface area (Å²) in [6.07, 6.45) is 7.57. The van der Waals surface area contributed by atoms with Crippen molar-refractivity contribution in [3.63, 3.8) is 0 Å².